The number of hydrogen-bond donors (Lipinski definition) is 1. The maximum atomic E-state index is 12.9. The van der Waals surface area contributed by atoms with E-state index >= 15 is 0 Å². The number of anilines is 1. The number of rotatable bonds is 3. The van der Waals surface area contributed by atoms with Crippen LogP contribution in [0.1, 0.15) is 16.7 Å². The first-order valence-corrected chi connectivity index (χ1v) is 10.4. The Hall–Kier alpha value is -2.38. The van der Waals surface area contributed by atoms with Crippen LogP contribution in [0.3, 0.4) is 0 Å². The molecule has 0 atom stereocenters. The molecule has 1 heterocycles. The number of nitrogens with zero attached hydrogens (tertiary/aromatic N) is 2. The third-order valence-electron chi connectivity index (χ3n) is 4.74. The second-order valence-electron chi connectivity index (χ2n) is 6.96. The van der Waals surface area contributed by atoms with Gasteiger partial charge in [0, 0.05) is 31.9 Å². The van der Waals surface area contributed by atoms with E-state index in [-0.39, 0.29) is 19.1 Å². The molecule has 0 aliphatic carbocycles. The Morgan fingerprint density at radius 2 is 1.59 bits per heavy atom. The van der Waals surface area contributed by atoms with Gasteiger partial charge in [-0.05, 0) is 50.1 Å². The topological polar surface area (TPSA) is 69.7 Å². The number of benzene rings is 2. The van der Waals surface area contributed by atoms with Crippen LogP contribution in [0.4, 0.5) is 10.5 Å². The van der Waals surface area contributed by atoms with Crippen LogP contribution in [0.25, 0.3) is 0 Å². The van der Waals surface area contributed by atoms with Gasteiger partial charge in [-0.15, -0.1) is 0 Å². The fraction of sp³-hybridized carbons (Fsp3) is 0.350. The van der Waals surface area contributed by atoms with Crippen LogP contribution in [0, 0.1) is 20.8 Å². The number of hydrogen-bond acceptors (Lipinski definition) is 3. The average Bonchev–Trinajstić information content (AvgIpc) is 2.61. The van der Waals surface area contributed by atoms with Crippen molar-refractivity contribution in [1.82, 2.24) is 9.21 Å². The van der Waals surface area contributed by atoms with Gasteiger partial charge >= 0.3 is 6.03 Å². The molecule has 0 saturated carbocycles. The first-order valence-electron chi connectivity index (χ1n) is 8.97. The minimum absolute atomic E-state index is 0.204. The quantitative estimate of drug-likeness (QED) is 0.880. The summed E-state index contributed by atoms with van der Waals surface area (Å²) in [4.78, 5) is 14.4. The molecule has 0 aromatic heterocycles. The van der Waals surface area contributed by atoms with Crippen LogP contribution in [0.2, 0.25) is 0 Å². The number of carbonyl (C=O) groups is 1. The van der Waals surface area contributed by atoms with Gasteiger partial charge in [0.15, 0.2) is 0 Å². The molecule has 2 aromatic rings. The highest BCUT2D eigenvalue weighted by Crippen LogP contribution is 2.22. The molecule has 7 heteroatoms. The number of amides is 2. The third-order valence-corrected chi connectivity index (χ3v) is 6.80. The smallest absolute Gasteiger partial charge is 0.321 e. The van der Waals surface area contributed by atoms with Crippen molar-refractivity contribution in [2.24, 2.45) is 0 Å². The molecule has 1 fully saturated rings. The van der Waals surface area contributed by atoms with Gasteiger partial charge in [0.2, 0.25) is 10.0 Å². The predicted octanol–water partition coefficient (Wildman–Crippen LogP) is 3.15. The SMILES string of the molecule is Cc1cccc(NC(=O)N2CCN(S(=O)(=O)c3ccc(C)cc3C)CC2)c1. The van der Waals surface area contributed by atoms with E-state index in [0.717, 1.165) is 22.4 Å². The summed E-state index contributed by atoms with van der Waals surface area (Å²) in [6.45, 7) is 7.02. The van der Waals surface area contributed by atoms with Crippen LogP contribution in [-0.4, -0.2) is 49.8 Å². The molecule has 1 aliphatic heterocycles. The van der Waals surface area contributed by atoms with Gasteiger partial charge in [0.25, 0.3) is 0 Å². The zero-order chi connectivity index (χ0) is 19.6. The number of urea groups is 1. The highest BCUT2D eigenvalue weighted by molar-refractivity contribution is 7.89. The van der Waals surface area contributed by atoms with Crippen LogP contribution in [-0.2, 0) is 10.0 Å². The number of sulfonamides is 1. The molecule has 0 unspecified atom stereocenters. The van der Waals surface area contributed by atoms with Crippen molar-refractivity contribution in [2.45, 2.75) is 25.7 Å². The lowest BCUT2D eigenvalue weighted by molar-refractivity contribution is 0.184. The van der Waals surface area contributed by atoms with E-state index in [1.165, 1.54) is 4.31 Å². The van der Waals surface area contributed by atoms with Crippen LogP contribution >= 0.6 is 0 Å². The molecule has 0 radical (unpaired) electrons. The minimum Gasteiger partial charge on any atom is -0.322 e. The lowest BCUT2D eigenvalue weighted by Gasteiger charge is -2.34. The molecule has 3 rings (SSSR count). The average molecular weight is 388 g/mol. The van der Waals surface area contributed by atoms with E-state index in [1.807, 2.05) is 57.2 Å². The molecule has 0 spiro atoms. The summed E-state index contributed by atoms with van der Waals surface area (Å²) in [6.07, 6.45) is 0. The van der Waals surface area contributed by atoms with Gasteiger partial charge in [-0.1, -0.05) is 29.8 Å². The fourth-order valence-corrected chi connectivity index (χ4v) is 4.91. The number of aryl methyl sites for hydroxylation is 3. The van der Waals surface area contributed by atoms with Crippen molar-refractivity contribution in [3.05, 3.63) is 59.2 Å². The van der Waals surface area contributed by atoms with Crippen LogP contribution in [0.15, 0.2) is 47.4 Å². The molecule has 6 nitrogen and oxygen atoms in total. The summed E-state index contributed by atoms with van der Waals surface area (Å²) >= 11 is 0. The second-order valence-corrected chi connectivity index (χ2v) is 8.87. The van der Waals surface area contributed by atoms with E-state index in [0.29, 0.717) is 18.0 Å². The molecule has 0 bridgehead atoms. The maximum absolute atomic E-state index is 12.9. The zero-order valence-corrected chi connectivity index (χ0v) is 16.7. The molecule has 2 amide bonds. The van der Waals surface area contributed by atoms with E-state index in [9.17, 15) is 13.2 Å². The Morgan fingerprint density at radius 1 is 0.926 bits per heavy atom. The van der Waals surface area contributed by atoms with E-state index in [1.54, 1.807) is 11.0 Å². The van der Waals surface area contributed by atoms with Crippen molar-refractivity contribution in [3.8, 4) is 0 Å². The highest BCUT2D eigenvalue weighted by atomic mass is 32.2. The fourth-order valence-electron chi connectivity index (χ4n) is 3.28. The van der Waals surface area contributed by atoms with Crippen molar-refractivity contribution < 1.29 is 13.2 Å². The predicted molar refractivity (Wildman–Crippen MR) is 106 cm³/mol. The number of piperazine rings is 1. The second kappa shape index (κ2) is 7.70. The summed E-state index contributed by atoms with van der Waals surface area (Å²) < 4.78 is 27.3. The van der Waals surface area contributed by atoms with E-state index in [4.69, 9.17) is 0 Å². The van der Waals surface area contributed by atoms with Crippen LogP contribution in [0.5, 0.6) is 0 Å². The van der Waals surface area contributed by atoms with Gasteiger partial charge in [0.1, 0.15) is 0 Å². The Kier molecular flexibility index (Phi) is 5.53. The van der Waals surface area contributed by atoms with Gasteiger partial charge in [-0.2, -0.15) is 4.31 Å². The molecule has 27 heavy (non-hydrogen) atoms. The largest absolute Gasteiger partial charge is 0.322 e. The monoisotopic (exact) mass is 387 g/mol. The van der Waals surface area contributed by atoms with Gasteiger partial charge in [0.05, 0.1) is 4.90 Å². The maximum Gasteiger partial charge on any atom is 0.321 e. The summed E-state index contributed by atoms with van der Waals surface area (Å²) in [7, 11) is -3.55. The molecule has 1 aliphatic rings. The Labute approximate surface area is 160 Å². The van der Waals surface area contributed by atoms with Crippen molar-refractivity contribution >= 4 is 21.7 Å². The van der Waals surface area contributed by atoms with E-state index < -0.39 is 10.0 Å². The number of carbonyl (C=O) groups excluding carboxylic acids is 1. The lowest BCUT2D eigenvalue weighted by atomic mass is 10.2. The van der Waals surface area contributed by atoms with Crippen LogP contribution < -0.4 is 5.32 Å². The van der Waals surface area contributed by atoms with Gasteiger partial charge in [-0.25, -0.2) is 13.2 Å². The molecule has 2 aromatic carbocycles. The molecule has 144 valence electrons. The summed E-state index contributed by atoms with van der Waals surface area (Å²) in [5, 5.41) is 2.87. The van der Waals surface area contributed by atoms with E-state index in [2.05, 4.69) is 5.32 Å². The molecule has 1 N–H and O–H groups in total. The third kappa shape index (κ3) is 4.31. The van der Waals surface area contributed by atoms with Gasteiger partial charge < -0.3 is 10.2 Å². The first kappa shape index (κ1) is 19.4. The van der Waals surface area contributed by atoms with Gasteiger partial charge in [-0.3, -0.25) is 0 Å². The Morgan fingerprint density at radius 3 is 2.22 bits per heavy atom. The molecular formula is C20H25N3O3S. The van der Waals surface area contributed by atoms with Crippen molar-refractivity contribution in [2.75, 3.05) is 31.5 Å². The normalized spacial score (nSPS) is 15.6. The van der Waals surface area contributed by atoms with Crippen molar-refractivity contribution in [3.63, 3.8) is 0 Å². The highest BCUT2D eigenvalue weighted by Gasteiger charge is 2.31. The Bertz CT molecular complexity index is 949. The summed E-state index contributed by atoms with van der Waals surface area (Å²) in [5.41, 5.74) is 3.58. The summed E-state index contributed by atoms with van der Waals surface area (Å²) in [5.74, 6) is 0. The lowest BCUT2D eigenvalue weighted by Crippen LogP contribution is -2.51. The molecular weight excluding hydrogens is 362 g/mol. The zero-order valence-electron chi connectivity index (χ0n) is 15.9. The molecule has 1 saturated heterocycles. The standard InChI is InChI=1S/C20H25N3O3S/c1-15-5-4-6-18(14-15)21-20(24)22-9-11-23(12-10-22)27(25,26)19-8-7-16(2)13-17(19)3/h4-8,13-14H,9-12H2,1-3H3,(H,21,24). The minimum atomic E-state index is -3.55. The Balaban J connectivity index is 1.65. The number of nitrogens with one attached hydrogen (secondary N) is 1. The summed E-state index contributed by atoms with van der Waals surface area (Å²) in [6, 6.07) is 12.7. The van der Waals surface area contributed by atoms with Crippen molar-refractivity contribution in [1.29, 1.82) is 0 Å². The first-order chi connectivity index (χ1) is 12.8.